The van der Waals surface area contributed by atoms with Crippen molar-refractivity contribution in [1.82, 2.24) is 9.88 Å². The van der Waals surface area contributed by atoms with Crippen molar-refractivity contribution in [1.29, 1.82) is 0 Å². The van der Waals surface area contributed by atoms with Crippen molar-refractivity contribution in [3.8, 4) is 0 Å². The number of fused-ring (bicyclic) bond motifs is 1. The lowest BCUT2D eigenvalue weighted by atomic mass is 10.0. The molecule has 1 fully saturated rings. The standard InChI is InChI=1S/C22H24ClN3/c1-2-16-5-7-19(13-17(16)15-26-11-3-4-12-26)25-21-9-10-24-22-14-18(23)6-8-20(21)22/h5-10,13-14H,2-4,11-12,15H2,1H3,(H,24,25). The van der Waals surface area contributed by atoms with Gasteiger partial charge >= 0.3 is 0 Å². The Morgan fingerprint density at radius 2 is 1.88 bits per heavy atom. The van der Waals surface area contributed by atoms with Gasteiger partial charge in [0.15, 0.2) is 0 Å². The molecule has 0 spiro atoms. The molecule has 0 atom stereocenters. The molecular weight excluding hydrogens is 342 g/mol. The van der Waals surface area contributed by atoms with Gasteiger partial charge < -0.3 is 5.32 Å². The molecule has 1 aliphatic rings. The van der Waals surface area contributed by atoms with E-state index in [-0.39, 0.29) is 0 Å². The fourth-order valence-electron chi connectivity index (χ4n) is 3.76. The minimum Gasteiger partial charge on any atom is -0.355 e. The van der Waals surface area contributed by atoms with Gasteiger partial charge in [-0.2, -0.15) is 0 Å². The van der Waals surface area contributed by atoms with Gasteiger partial charge in [0.1, 0.15) is 0 Å². The number of hydrogen-bond donors (Lipinski definition) is 1. The number of nitrogens with one attached hydrogen (secondary N) is 1. The van der Waals surface area contributed by atoms with Crippen LogP contribution in [0.4, 0.5) is 11.4 Å². The molecule has 134 valence electrons. The van der Waals surface area contributed by atoms with Crippen LogP contribution >= 0.6 is 11.6 Å². The summed E-state index contributed by atoms with van der Waals surface area (Å²) in [6, 6.07) is 14.6. The zero-order valence-corrected chi connectivity index (χ0v) is 15.9. The van der Waals surface area contributed by atoms with E-state index in [1.807, 2.05) is 30.5 Å². The number of rotatable bonds is 5. The molecule has 0 saturated carbocycles. The summed E-state index contributed by atoms with van der Waals surface area (Å²) in [5, 5.41) is 5.37. The predicted octanol–water partition coefficient (Wildman–Crippen LogP) is 5.79. The summed E-state index contributed by atoms with van der Waals surface area (Å²) in [6.45, 7) is 5.72. The molecule has 4 heteroatoms. The highest BCUT2D eigenvalue weighted by Gasteiger charge is 2.14. The SMILES string of the molecule is CCc1ccc(Nc2ccnc3cc(Cl)ccc23)cc1CN1CCCC1. The van der Waals surface area contributed by atoms with Crippen LogP contribution in [0.5, 0.6) is 0 Å². The molecule has 1 N–H and O–H groups in total. The van der Waals surface area contributed by atoms with Crippen LogP contribution in [-0.4, -0.2) is 23.0 Å². The summed E-state index contributed by atoms with van der Waals surface area (Å²) < 4.78 is 0. The highest BCUT2D eigenvalue weighted by Crippen LogP contribution is 2.28. The minimum atomic E-state index is 0.711. The number of pyridine rings is 1. The smallest absolute Gasteiger partial charge is 0.0737 e. The number of likely N-dealkylation sites (tertiary alicyclic amines) is 1. The topological polar surface area (TPSA) is 28.2 Å². The van der Waals surface area contributed by atoms with E-state index in [0.29, 0.717) is 5.02 Å². The summed E-state index contributed by atoms with van der Waals surface area (Å²) in [6.07, 6.45) is 5.54. The molecule has 2 heterocycles. The molecule has 0 aliphatic carbocycles. The number of hydrogen-bond acceptors (Lipinski definition) is 3. The maximum atomic E-state index is 6.10. The average Bonchev–Trinajstić information content (AvgIpc) is 3.15. The number of aryl methyl sites for hydroxylation is 1. The van der Waals surface area contributed by atoms with Gasteiger partial charge in [-0.05, 0) is 79.9 Å². The molecule has 1 aliphatic heterocycles. The number of aromatic nitrogens is 1. The highest BCUT2D eigenvalue weighted by atomic mass is 35.5. The van der Waals surface area contributed by atoms with Gasteiger partial charge in [0.2, 0.25) is 0 Å². The molecule has 3 aromatic rings. The van der Waals surface area contributed by atoms with E-state index in [0.717, 1.165) is 35.2 Å². The number of halogens is 1. The minimum absolute atomic E-state index is 0.711. The van der Waals surface area contributed by atoms with Gasteiger partial charge in [-0.1, -0.05) is 24.6 Å². The summed E-state index contributed by atoms with van der Waals surface area (Å²) in [5.74, 6) is 0. The lowest BCUT2D eigenvalue weighted by Crippen LogP contribution is -2.19. The Morgan fingerprint density at radius 3 is 2.69 bits per heavy atom. The van der Waals surface area contributed by atoms with E-state index in [1.165, 1.54) is 37.1 Å². The Morgan fingerprint density at radius 1 is 1.04 bits per heavy atom. The first-order valence-corrected chi connectivity index (χ1v) is 9.76. The van der Waals surface area contributed by atoms with E-state index in [1.54, 1.807) is 0 Å². The largest absolute Gasteiger partial charge is 0.355 e. The van der Waals surface area contributed by atoms with Gasteiger partial charge in [0, 0.05) is 34.5 Å². The van der Waals surface area contributed by atoms with Crippen molar-refractivity contribution in [3.05, 3.63) is 64.8 Å². The van der Waals surface area contributed by atoms with Gasteiger partial charge in [0.05, 0.1) is 5.52 Å². The molecule has 1 aromatic heterocycles. The summed E-state index contributed by atoms with van der Waals surface area (Å²) in [4.78, 5) is 6.98. The fourth-order valence-corrected chi connectivity index (χ4v) is 3.93. The second kappa shape index (κ2) is 7.65. The monoisotopic (exact) mass is 365 g/mol. The summed E-state index contributed by atoms with van der Waals surface area (Å²) >= 11 is 6.10. The lowest BCUT2D eigenvalue weighted by Gasteiger charge is -2.19. The van der Waals surface area contributed by atoms with Crippen LogP contribution in [0.2, 0.25) is 5.02 Å². The van der Waals surface area contributed by atoms with Crippen LogP contribution in [0.25, 0.3) is 10.9 Å². The Labute approximate surface area is 160 Å². The van der Waals surface area contributed by atoms with E-state index in [4.69, 9.17) is 11.6 Å². The lowest BCUT2D eigenvalue weighted by molar-refractivity contribution is 0.330. The second-order valence-corrected chi connectivity index (χ2v) is 7.40. The van der Waals surface area contributed by atoms with Crippen molar-refractivity contribution in [3.63, 3.8) is 0 Å². The Bertz CT molecular complexity index is 916. The van der Waals surface area contributed by atoms with Crippen LogP contribution in [0.1, 0.15) is 30.9 Å². The third kappa shape index (κ3) is 3.69. The third-order valence-corrected chi connectivity index (χ3v) is 5.40. The molecule has 0 bridgehead atoms. The van der Waals surface area contributed by atoms with Gasteiger partial charge in [-0.3, -0.25) is 9.88 Å². The van der Waals surface area contributed by atoms with Gasteiger partial charge in [0.25, 0.3) is 0 Å². The molecular formula is C22H24ClN3. The third-order valence-electron chi connectivity index (χ3n) is 5.16. The normalized spacial score (nSPS) is 14.8. The van der Waals surface area contributed by atoms with Gasteiger partial charge in [-0.15, -0.1) is 0 Å². The molecule has 3 nitrogen and oxygen atoms in total. The quantitative estimate of drug-likeness (QED) is 0.620. The average molecular weight is 366 g/mol. The highest BCUT2D eigenvalue weighted by molar-refractivity contribution is 6.31. The number of nitrogens with zero attached hydrogens (tertiary/aromatic N) is 2. The van der Waals surface area contributed by atoms with Crippen LogP contribution < -0.4 is 5.32 Å². The van der Waals surface area contributed by atoms with Crippen LogP contribution in [0.3, 0.4) is 0 Å². The number of benzene rings is 2. The molecule has 0 unspecified atom stereocenters. The van der Waals surface area contributed by atoms with E-state index < -0.39 is 0 Å². The molecule has 2 aromatic carbocycles. The van der Waals surface area contributed by atoms with Crippen molar-refractivity contribution < 1.29 is 0 Å². The van der Waals surface area contributed by atoms with Crippen molar-refractivity contribution >= 4 is 33.9 Å². The molecule has 0 radical (unpaired) electrons. The second-order valence-electron chi connectivity index (χ2n) is 6.97. The fraction of sp³-hybridized carbons (Fsp3) is 0.318. The summed E-state index contributed by atoms with van der Waals surface area (Å²) in [5.41, 5.74) is 5.96. The molecule has 1 saturated heterocycles. The van der Waals surface area contributed by atoms with Crippen molar-refractivity contribution in [2.45, 2.75) is 32.7 Å². The van der Waals surface area contributed by atoms with Crippen LogP contribution in [-0.2, 0) is 13.0 Å². The Kier molecular flexibility index (Phi) is 5.09. The number of anilines is 2. The zero-order valence-electron chi connectivity index (χ0n) is 15.1. The van der Waals surface area contributed by atoms with Crippen LogP contribution in [0, 0.1) is 0 Å². The van der Waals surface area contributed by atoms with Gasteiger partial charge in [-0.25, -0.2) is 0 Å². The van der Waals surface area contributed by atoms with E-state index in [9.17, 15) is 0 Å². The van der Waals surface area contributed by atoms with Crippen LogP contribution in [0.15, 0.2) is 48.7 Å². The molecule has 26 heavy (non-hydrogen) atoms. The van der Waals surface area contributed by atoms with E-state index >= 15 is 0 Å². The molecule has 0 amide bonds. The van der Waals surface area contributed by atoms with Crippen molar-refractivity contribution in [2.24, 2.45) is 0 Å². The predicted molar refractivity (Wildman–Crippen MR) is 110 cm³/mol. The first-order chi connectivity index (χ1) is 12.7. The summed E-state index contributed by atoms with van der Waals surface area (Å²) in [7, 11) is 0. The Hall–Kier alpha value is -2.10. The van der Waals surface area contributed by atoms with E-state index in [2.05, 4.69) is 40.3 Å². The zero-order chi connectivity index (χ0) is 17.9. The first kappa shape index (κ1) is 17.3. The first-order valence-electron chi connectivity index (χ1n) is 9.38. The van der Waals surface area contributed by atoms with Crippen molar-refractivity contribution in [2.75, 3.05) is 18.4 Å². The maximum absolute atomic E-state index is 6.10. The Balaban J connectivity index is 1.64. The molecule has 4 rings (SSSR count). The maximum Gasteiger partial charge on any atom is 0.0737 e.